The molecule has 1 aliphatic heterocycles. The quantitative estimate of drug-likeness (QED) is 0.717. The topological polar surface area (TPSA) is 86.1 Å². The molecule has 0 radical (unpaired) electrons. The van der Waals surface area contributed by atoms with E-state index in [2.05, 4.69) is 5.10 Å². The summed E-state index contributed by atoms with van der Waals surface area (Å²) in [6.07, 6.45) is 2.03. The molecule has 1 saturated heterocycles. The van der Waals surface area contributed by atoms with Gasteiger partial charge in [-0.05, 0) is 19.8 Å². The average molecular weight is 318 g/mol. The lowest BCUT2D eigenvalue weighted by Gasteiger charge is -2.28. The van der Waals surface area contributed by atoms with Gasteiger partial charge in [-0.1, -0.05) is 5.57 Å². The summed E-state index contributed by atoms with van der Waals surface area (Å²) in [5.41, 5.74) is 2.11. The second kappa shape index (κ2) is 4.04. The van der Waals surface area contributed by atoms with Crippen LogP contribution >= 0.6 is 0 Å². The number of aryl methyl sites for hydroxylation is 1. The van der Waals surface area contributed by atoms with E-state index >= 15 is 0 Å². The molecule has 0 saturated carbocycles. The minimum Gasteiger partial charge on any atom is -0.289 e. The second-order valence-electron chi connectivity index (χ2n) is 6.06. The highest BCUT2D eigenvalue weighted by atomic mass is 32.2. The Morgan fingerprint density at radius 3 is 2.73 bits per heavy atom. The molecular formula is C15H14N2O4S. The van der Waals surface area contributed by atoms with Gasteiger partial charge >= 0.3 is 0 Å². The molecule has 1 fully saturated rings. The van der Waals surface area contributed by atoms with Crippen molar-refractivity contribution in [3.05, 3.63) is 39.1 Å². The molecule has 114 valence electrons. The summed E-state index contributed by atoms with van der Waals surface area (Å²) < 4.78 is 25.9. The molecule has 3 aliphatic rings. The van der Waals surface area contributed by atoms with Gasteiger partial charge in [0.25, 0.3) is 0 Å². The Labute approximate surface area is 127 Å². The van der Waals surface area contributed by atoms with E-state index in [1.54, 1.807) is 14.0 Å². The first-order valence-corrected chi connectivity index (χ1v) is 8.75. The highest BCUT2D eigenvalue weighted by Crippen LogP contribution is 2.47. The largest absolute Gasteiger partial charge is 0.289 e. The lowest BCUT2D eigenvalue weighted by Crippen LogP contribution is -2.30. The van der Waals surface area contributed by atoms with Gasteiger partial charge in [0, 0.05) is 24.1 Å². The van der Waals surface area contributed by atoms with Gasteiger partial charge in [0.15, 0.2) is 15.6 Å². The number of hydrogen-bond acceptors (Lipinski definition) is 5. The number of carbonyl (C=O) groups is 2. The van der Waals surface area contributed by atoms with E-state index in [-0.39, 0.29) is 29.4 Å². The van der Waals surface area contributed by atoms with Gasteiger partial charge in [-0.25, -0.2) is 8.42 Å². The monoisotopic (exact) mass is 318 g/mol. The average Bonchev–Trinajstić information content (AvgIpc) is 2.97. The number of nitrogens with zero attached hydrogens (tertiary/aromatic N) is 2. The number of aromatic nitrogens is 2. The zero-order valence-electron chi connectivity index (χ0n) is 12.2. The summed E-state index contributed by atoms with van der Waals surface area (Å²) >= 11 is 0. The van der Waals surface area contributed by atoms with Crippen LogP contribution in [0.25, 0.3) is 0 Å². The lowest BCUT2D eigenvalue weighted by molar-refractivity contribution is 0.0958. The molecule has 0 N–H and O–H groups in total. The molecule has 0 aromatic carbocycles. The molecule has 7 heteroatoms. The molecule has 22 heavy (non-hydrogen) atoms. The standard InChI is InChI=1S/C15H14N2O4S/c1-7-5-9-11(8-3-4-22(20,21)15(7)8)14(19)12-10(13(9)18)6-16-17(12)2/h6,8H,3-5H2,1-2H3. The van der Waals surface area contributed by atoms with Crippen LogP contribution in [0.2, 0.25) is 0 Å². The predicted molar refractivity (Wildman–Crippen MR) is 78.1 cm³/mol. The van der Waals surface area contributed by atoms with Crippen LogP contribution in [0.3, 0.4) is 0 Å². The van der Waals surface area contributed by atoms with Gasteiger partial charge in [0.05, 0.1) is 22.4 Å². The fourth-order valence-electron chi connectivity index (χ4n) is 3.89. The zero-order chi connectivity index (χ0) is 15.8. The number of carbonyl (C=O) groups excluding carboxylic acids is 2. The Bertz CT molecular complexity index is 931. The van der Waals surface area contributed by atoms with Gasteiger partial charge in [0.2, 0.25) is 5.78 Å². The van der Waals surface area contributed by atoms with Gasteiger partial charge in [0.1, 0.15) is 5.69 Å². The van der Waals surface area contributed by atoms with Gasteiger partial charge in [-0.3, -0.25) is 14.3 Å². The Morgan fingerprint density at radius 1 is 1.27 bits per heavy atom. The van der Waals surface area contributed by atoms with Crippen molar-refractivity contribution in [2.75, 3.05) is 5.75 Å². The minimum atomic E-state index is -3.30. The van der Waals surface area contributed by atoms with E-state index in [9.17, 15) is 18.0 Å². The van der Waals surface area contributed by atoms with E-state index < -0.39 is 15.8 Å². The van der Waals surface area contributed by atoms with Crippen LogP contribution in [-0.2, 0) is 16.9 Å². The third-order valence-electron chi connectivity index (χ3n) is 4.78. The first-order valence-electron chi connectivity index (χ1n) is 7.09. The number of hydrogen-bond donors (Lipinski definition) is 0. The molecule has 0 bridgehead atoms. The molecule has 1 unspecified atom stereocenters. The van der Waals surface area contributed by atoms with E-state index in [0.29, 0.717) is 33.6 Å². The maximum atomic E-state index is 12.9. The Kier molecular flexibility index (Phi) is 2.50. The highest BCUT2D eigenvalue weighted by molar-refractivity contribution is 7.95. The van der Waals surface area contributed by atoms with Crippen molar-refractivity contribution in [2.45, 2.75) is 19.8 Å². The van der Waals surface area contributed by atoms with Gasteiger partial charge in [-0.15, -0.1) is 0 Å². The molecule has 1 aromatic heterocycles. The minimum absolute atomic E-state index is 0.0425. The molecule has 2 aliphatic carbocycles. The first kappa shape index (κ1) is 13.6. The molecule has 1 aromatic rings. The summed E-state index contributed by atoms with van der Waals surface area (Å²) in [7, 11) is -1.69. The van der Waals surface area contributed by atoms with E-state index in [1.807, 2.05) is 0 Å². The summed E-state index contributed by atoms with van der Waals surface area (Å²) in [5, 5.41) is 4.01. The molecule has 1 atom stereocenters. The van der Waals surface area contributed by atoms with E-state index in [0.717, 1.165) is 0 Å². The van der Waals surface area contributed by atoms with Crippen molar-refractivity contribution in [3.8, 4) is 0 Å². The van der Waals surface area contributed by atoms with Crippen molar-refractivity contribution in [1.29, 1.82) is 0 Å². The maximum Gasteiger partial charge on any atom is 0.208 e. The van der Waals surface area contributed by atoms with Crippen LogP contribution in [0.5, 0.6) is 0 Å². The van der Waals surface area contributed by atoms with Crippen molar-refractivity contribution < 1.29 is 18.0 Å². The van der Waals surface area contributed by atoms with Crippen LogP contribution in [0.1, 0.15) is 40.6 Å². The van der Waals surface area contributed by atoms with Crippen LogP contribution in [0.4, 0.5) is 0 Å². The SMILES string of the molecule is CC1=C2C(CCS2(=O)=O)C2=C(C1)C(=O)c1cnn(C)c1C2=O. The molecular weight excluding hydrogens is 304 g/mol. The summed E-state index contributed by atoms with van der Waals surface area (Å²) in [5.74, 6) is -0.869. The van der Waals surface area contributed by atoms with Crippen molar-refractivity contribution in [3.63, 3.8) is 0 Å². The summed E-state index contributed by atoms with van der Waals surface area (Å²) in [6.45, 7) is 1.74. The van der Waals surface area contributed by atoms with Crippen LogP contribution in [0, 0.1) is 5.92 Å². The van der Waals surface area contributed by atoms with Crippen molar-refractivity contribution in [1.82, 2.24) is 9.78 Å². The lowest BCUT2D eigenvalue weighted by atomic mass is 9.74. The Hall–Kier alpha value is -2.02. The second-order valence-corrected chi connectivity index (χ2v) is 8.14. The van der Waals surface area contributed by atoms with E-state index in [4.69, 9.17) is 0 Å². The number of allylic oxidation sites excluding steroid dienone is 4. The molecule has 4 rings (SSSR count). The third kappa shape index (κ3) is 1.49. The molecule has 0 spiro atoms. The highest BCUT2D eigenvalue weighted by Gasteiger charge is 2.48. The van der Waals surface area contributed by atoms with Gasteiger partial charge < -0.3 is 0 Å². The smallest absolute Gasteiger partial charge is 0.208 e. The Balaban J connectivity index is 1.96. The van der Waals surface area contributed by atoms with Crippen LogP contribution in [0.15, 0.2) is 27.8 Å². The van der Waals surface area contributed by atoms with Crippen LogP contribution < -0.4 is 0 Å². The first-order chi connectivity index (χ1) is 10.3. The third-order valence-corrected chi connectivity index (χ3v) is 6.86. The number of fused-ring (bicyclic) bond motifs is 3. The number of sulfone groups is 1. The molecule has 2 heterocycles. The Morgan fingerprint density at radius 2 is 2.00 bits per heavy atom. The van der Waals surface area contributed by atoms with E-state index in [1.165, 1.54) is 10.9 Å². The van der Waals surface area contributed by atoms with Gasteiger partial charge in [-0.2, -0.15) is 5.10 Å². The zero-order valence-corrected chi connectivity index (χ0v) is 13.0. The number of rotatable bonds is 0. The normalized spacial score (nSPS) is 26.2. The fourth-order valence-corrected chi connectivity index (χ4v) is 5.93. The van der Waals surface area contributed by atoms with Crippen molar-refractivity contribution in [2.24, 2.45) is 13.0 Å². The number of ketones is 2. The molecule has 6 nitrogen and oxygen atoms in total. The summed E-state index contributed by atoms with van der Waals surface area (Å²) in [4.78, 5) is 25.9. The molecule has 0 amide bonds. The predicted octanol–water partition coefficient (Wildman–Crippen LogP) is 1.21. The van der Waals surface area contributed by atoms with Crippen LogP contribution in [-0.4, -0.2) is 35.5 Å². The van der Waals surface area contributed by atoms with Crippen molar-refractivity contribution >= 4 is 21.4 Å². The fraction of sp³-hybridized carbons (Fsp3) is 0.400. The number of Topliss-reactive ketones (excluding diaryl/α,β-unsaturated/α-hetero) is 2. The summed E-state index contributed by atoms with van der Waals surface area (Å²) in [6, 6.07) is 0. The maximum absolute atomic E-state index is 12.9.